The number of H-pyrrole nitrogens is 1. The SMILES string of the molecule is CCCCCc1[nH]c2ccccc2c1C(=O)O. The number of nitrogens with one attached hydrogen (secondary N) is 1. The molecule has 0 aliphatic carbocycles. The second-order valence-corrected chi connectivity index (χ2v) is 4.29. The van der Waals surface area contributed by atoms with Gasteiger partial charge in [-0.1, -0.05) is 38.0 Å². The highest BCUT2D eigenvalue weighted by Gasteiger charge is 2.16. The number of aromatic amines is 1. The monoisotopic (exact) mass is 231 g/mol. The van der Waals surface area contributed by atoms with Gasteiger partial charge in [0.25, 0.3) is 0 Å². The Morgan fingerprint density at radius 2 is 2.06 bits per heavy atom. The van der Waals surface area contributed by atoms with E-state index in [1.807, 2.05) is 24.3 Å². The highest BCUT2D eigenvalue weighted by molar-refractivity contribution is 6.04. The van der Waals surface area contributed by atoms with Crippen molar-refractivity contribution >= 4 is 16.9 Å². The van der Waals surface area contributed by atoms with E-state index in [9.17, 15) is 9.90 Å². The molecule has 2 aromatic rings. The molecule has 2 rings (SSSR count). The fourth-order valence-corrected chi connectivity index (χ4v) is 2.18. The summed E-state index contributed by atoms with van der Waals surface area (Å²) < 4.78 is 0. The van der Waals surface area contributed by atoms with Crippen LogP contribution in [-0.2, 0) is 6.42 Å². The number of carbonyl (C=O) groups is 1. The van der Waals surface area contributed by atoms with Crippen LogP contribution in [0.15, 0.2) is 24.3 Å². The largest absolute Gasteiger partial charge is 0.478 e. The van der Waals surface area contributed by atoms with Crippen molar-refractivity contribution in [3.05, 3.63) is 35.5 Å². The number of hydrogen-bond donors (Lipinski definition) is 2. The molecule has 90 valence electrons. The van der Waals surface area contributed by atoms with Crippen LogP contribution in [0.4, 0.5) is 0 Å². The molecule has 0 aliphatic heterocycles. The van der Waals surface area contributed by atoms with Gasteiger partial charge in [-0.3, -0.25) is 0 Å². The Labute approximate surface area is 100 Å². The molecule has 0 unspecified atom stereocenters. The topological polar surface area (TPSA) is 53.1 Å². The van der Waals surface area contributed by atoms with Gasteiger partial charge in [0.2, 0.25) is 0 Å². The number of hydrogen-bond acceptors (Lipinski definition) is 1. The van der Waals surface area contributed by atoms with Crippen molar-refractivity contribution in [1.82, 2.24) is 4.98 Å². The Morgan fingerprint density at radius 1 is 1.29 bits per heavy atom. The molecule has 0 fully saturated rings. The van der Waals surface area contributed by atoms with E-state index in [2.05, 4.69) is 11.9 Å². The number of carboxylic acids is 1. The van der Waals surface area contributed by atoms with Crippen molar-refractivity contribution in [3.8, 4) is 0 Å². The fraction of sp³-hybridized carbons (Fsp3) is 0.357. The van der Waals surface area contributed by atoms with Crippen molar-refractivity contribution in [2.24, 2.45) is 0 Å². The molecule has 0 saturated carbocycles. The maximum absolute atomic E-state index is 11.3. The van der Waals surface area contributed by atoms with E-state index in [1.54, 1.807) is 0 Å². The van der Waals surface area contributed by atoms with Crippen LogP contribution in [0.2, 0.25) is 0 Å². The molecule has 0 saturated heterocycles. The van der Waals surface area contributed by atoms with Gasteiger partial charge in [0.05, 0.1) is 5.56 Å². The lowest BCUT2D eigenvalue weighted by atomic mass is 10.1. The number of aromatic carboxylic acids is 1. The molecule has 2 N–H and O–H groups in total. The van der Waals surface area contributed by atoms with Gasteiger partial charge in [-0.15, -0.1) is 0 Å². The second kappa shape index (κ2) is 5.04. The Kier molecular flexibility index (Phi) is 3.47. The molecule has 1 aromatic heterocycles. The van der Waals surface area contributed by atoms with Crippen molar-refractivity contribution < 1.29 is 9.90 Å². The second-order valence-electron chi connectivity index (χ2n) is 4.29. The zero-order chi connectivity index (χ0) is 12.3. The molecule has 17 heavy (non-hydrogen) atoms. The molecule has 0 bridgehead atoms. The molecule has 1 heterocycles. The highest BCUT2D eigenvalue weighted by Crippen LogP contribution is 2.23. The van der Waals surface area contributed by atoms with Gasteiger partial charge in [0.1, 0.15) is 0 Å². The van der Waals surface area contributed by atoms with Crippen LogP contribution in [0, 0.1) is 0 Å². The third-order valence-corrected chi connectivity index (χ3v) is 3.03. The van der Waals surface area contributed by atoms with E-state index in [0.29, 0.717) is 5.56 Å². The fourth-order valence-electron chi connectivity index (χ4n) is 2.18. The summed E-state index contributed by atoms with van der Waals surface area (Å²) in [5.74, 6) is -0.839. The minimum atomic E-state index is -0.839. The molecule has 1 aromatic carbocycles. The first-order valence-electron chi connectivity index (χ1n) is 6.07. The Hall–Kier alpha value is -1.77. The molecule has 3 nitrogen and oxygen atoms in total. The maximum Gasteiger partial charge on any atom is 0.338 e. The number of aryl methyl sites for hydroxylation is 1. The van der Waals surface area contributed by atoms with Gasteiger partial charge >= 0.3 is 5.97 Å². The first-order chi connectivity index (χ1) is 8.24. The number of unbranched alkanes of at least 4 members (excludes halogenated alkanes) is 2. The zero-order valence-electron chi connectivity index (χ0n) is 9.99. The van der Waals surface area contributed by atoms with E-state index < -0.39 is 5.97 Å². The summed E-state index contributed by atoms with van der Waals surface area (Å²) in [5, 5.41) is 10.1. The molecule has 0 atom stereocenters. The summed E-state index contributed by atoms with van der Waals surface area (Å²) in [6.45, 7) is 2.14. The summed E-state index contributed by atoms with van der Waals surface area (Å²) in [7, 11) is 0. The van der Waals surface area contributed by atoms with Crippen molar-refractivity contribution in [2.45, 2.75) is 32.6 Å². The molecule has 3 heteroatoms. The summed E-state index contributed by atoms with van der Waals surface area (Å²) in [4.78, 5) is 14.5. The third kappa shape index (κ3) is 2.33. The predicted molar refractivity (Wildman–Crippen MR) is 68.5 cm³/mol. The van der Waals surface area contributed by atoms with E-state index in [-0.39, 0.29) is 0 Å². The van der Waals surface area contributed by atoms with Crippen molar-refractivity contribution in [3.63, 3.8) is 0 Å². The van der Waals surface area contributed by atoms with Crippen LogP contribution in [0.25, 0.3) is 10.9 Å². The third-order valence-electron chi connectivity index (χ3n) is 3.03. The molecule has 0 spiro atoms. The smallest absolute Gasteiger partial charge is 0.338 e. The van der Waals surface area contributed by atoms with Gasteiger partial charge < -0.3 is 10.1 Å². The molecule has 0 radical (unpaired) electrons. The van der Waals surface area contributed by atoms with E-state index in [4.69, 9.17) is 0 Å². The van der Waals surface area contributed by atoms with Gasteiger partial charge in [0.15, 0.2) is 0 Å². The lowest BCUT2D eigenvalue weighted by Crippen LogP contribution is -2.00. The number of aromatic nitrogens is 1. The van der Waals surface area contributed by atoms with Crippen molar-refractivity contribution in [2.75, 3.05) is 0 Å². The van der Waals surface area contributed by atoms with Crippen LogP contribution in [0.5, 0.6) is 0 Å². The van der Waals surface area contributed by atoms with Crippen LogP contribution in [-0.4, -0.2) is 16.1 Å². The normalized spacial score (nSPS) is 10.9. The predicted octanol–water partition coefficient (Wildman–Crippen LogP) is 3.60. The van der Waals surface area contributed by atoms with Crippen LogP contribution >= 0.6 is 0 Å². The average molecular weight is 231 g/mol. The quantitative estimate of drug-likeness (QED) is 0.772. The van der Waals surface area contributed by atoms with Crippen molar-refractivity contribution in [1.29, 1.82) is 0 Å². The number of rotatable bonds is 5. The number of benzene rings is 1. The van der Waals surface area contributed by atoms with E-state index >= 15 is 0 Å². The van der Waals surface area contributed by atoms with Crippen LogP contribution < -0.4 is 0 Å². The lowest BCUT2D eigenvalue weighted by Gasteiger charge is -1.99. The standard InChI is InChI=1S/C14H17NO2/c1-2-3-4-9-12-13(14(16)17)10-7-5-6-8-11(10)15-12/h5-8,15H,2-4,9H2,1H3,(H,16,17). The minimum Gasteiger partial charge on any atom is -0.478 e. The average Bonchev–Trinajstić information content (AvgIpc) is 2.67. The lowest BCUT2D eigenvalue weighted by molar-refractivity contribution is 0.0698. The Balaban J connectivity index is 2.39. The maximum atomic E-state index is 11.3. The zero-order valence-corrected chi connectivity index (χ0v) is 9.99. The molecular weight excluding hydrogens is 214 g/mol. The Morgan fingerprint density at radius 3 is 2.76 bits per heavy atom. The minimum absolute atomic E-state index is 0.441. The summed E-state index contributed by atoms with van der Waals surface area (Å²) in [6.07, 6.45) is 4.12. The number of fused-ring (bicyclic) bond motifs is 1. The van der Waals surface area contributed by atoms with Gasteiger partial charge in [-0.2, -0.15) is 0 Å². The van der Waals surface area contributed by atoms with E-state index in [1.165, 1.54) is 0 Å². The Bertz CT molecular complexity index is 528. The van der Waals surface area contributed by atoms with Gasteiger partial charge in [0, 0.05) is 16.6 Å². The summed E-state index contributed by atoms with van der Waals surface area (Å²) in [5.41, 5.74) is 2.21. The summed E-state index contributed by atoms with van der Waals surface area (Å²) >= 11 is 0. The number of carboxylic acid groups (broad SMARTS) is 1. The highest BCUT2D eigenvalue weighted by atomic mass is 16.4. The van der Waals surface area contributed by atoms with Crippen LogP contribution in [0.1, 0.15) is 42.2 Å². The first-order valence-corrected chi connectivity index (χ1v) is 6.07. The van der Waals surface area contributed by atoms with E-state index in [0.717, 1.165) is 42.3 Å². The summed E-state index contributed by atoms with van der Waals surface area (Å²) in [6, 6.07) is 7.57. The molecule has 0 amide bonds. The first kappa shape index (κ1) is 11.7. The van der Waals surface area contributed by atoms with Gasteiger partial charge in [-0.25, -0.2) is 4.79 Å². The molecule has 0 aliphatic rings. The molecular formula is C14H17NO2. The van der Waals surface area contributed by atoms with Gasteiger partial charge in [-0.05, 0) is 18.9 Å². The van der Waals surface area contributed by atoms with Crippen LogP contribution in [0.3, 0.4) is 0 Å². The number of para-hydroxylation sites is 1.